The number of hydrogen-bond donors (Lipinski definition) is 2. The highest BCUT2D eigenvalue weighted by atomic mass is 79.9. The number of amides is 1. The maximum atomic E-state index is 12.9. The Morgan fingerprint density at radius 1 is 1.15 bits per heavy atom. The molecule has 0 aromatic heterocycles. The van der Waals surface area contributed by atoms with Crippen LogP contribution in [0.25, 0.3) is 6.08 Å². The van der Waals surface area contributed by atoms with Gasteiger partial charge < -0.3 is 15.5 Å². The Morgan fingerprint density at radius 3 is 2.56 bits per heavy atom. The molecule has 0 fully saturated rings. The number of carbonyl (C=O) groups is 1. The summed E-state index contributed by atoms with van der Waals surface area (Å²) in [6.45, 7) is 0. The predicted octanol–water partition coefficient (Wildman–Crippen LogP) is 6.73. The van der Waals surface area contributed by atoms with Gasteiger partial charge in [0.05, 0.1) is 24.9 Å². The van der Waals surface area contributed by atoms with Crippen molar-refractivity contribution in [3.8, 4) is 5.75 Å². The Balaban J connectivity index is 1.54. The Bertz CT molecular complexity index is 1230. The molecule has 1 aliphatic heterocycles. The van der Waals surface area contributed by atoms with Crippen LogP contribution < -0.4 is 15.5 Å². The van der Waals surface area contributed by atoms with E-state index in [1.165, 1.54) is 6.08 Å². The Kier molecular flexibility index (Phi) is 7.93. The van der Waals surface area contributed by atoms with Gasteiger partial charge >= 0.3 is 0 Å². The second-order valence-electron chi connectivity index (χ2n) is 7.75. The molecule has 0 bridgehead atoms. The summed E-state index contributed by atoms with van der Waals surface area (Å²) >= 11 is 16.1. The third-order valence-corrected chi connectivity index (χ3v) is 6.58. The van der Waals surface area contributed by atoms with Crippen molar-refractivity contribution in [2.45, 2.75) is 18.5 Å². The zero-order valence-corrected chi connectivity index (χ0v) is 21.4. The fraction of sp³-hybridized carbons (Fsp3) is 0.154. The van der Waals surface area contributed by atoms with Gasteiger partial charge in [-0.1, -0.05) is 69.5 Å². The maximum Gasteiger partial charge on any atom is 0.244 e. The van der Waals surface area contributed by atoms with Crippen molar-refractivity contribution in [2.24, 2.45) is 5.10 Å². The number of carbonyl (C=O) groups excluding carboxylic acids is 1. The lowest BCUT2D eigenvalue weighted by Crippen LogP contribution is -2.32. The number of rotatable bonds is 7. The molecule has 3 aromatic carbocycles. The largest absolute Gasteiger partial charge is 0.497 e. The van der Waals surface area contributed by atoms with E-state index in [4.69, 9.17) is 27.9 Å². The predicted molar refractivity (Wildman–Crippen MR) is 141 cm³/mol. The first-order valence-corrected chi connectivity index (χ1v) is 12.1. The van der Waals surface area contributed by atoms with Crippen LogP contribution in [0.4, 0.5) is 0 Å². The molecule has 0 radical (unpaired) electrons. The molecule has 1 aliphatic rings. The molecule has 0 saturated carbocycles. The zero-order valence-electron chi connectivity index (χ0n) is 18.3. The first-order valence-electron chi connectivity index (χ1n) is 10.6. The lowest BCUT2D eigenvalue weighted by atomic mass is 9.95. The van der Waals surface area contributed by atoms with E-state index in [1.54, 1.807) is 25.3 Å². The van der Waals surface area contributed by atoms with Crippen molar-refractivity contribution >= 4 is 56.8 Å². The van der Waals surface area contributed by atoms with Crippen molar-refractivity contribution < 1.29 is 9.53 Å². The molecule has 2 N–H and O–H groups in total. The molecule has 34 heavy (non-hydrogen) atoms. The fourth-order valence-electron chi connectivity index (χ4n) is 3.68. The molecular weight excluding hydrogens is 537 g/mol. The van der Waals surface area contributed by atoms with Crippen LogP contribution in [0.3, 0.4) is 0 Å². The average Bonchev–Trinajstić information content (AvgIpc) is 3.32. The number of methoxy groups -OCH3 is 1. The lowest BCUT2D eigenvalue weighted by Gasteiger charge is -2.20. The highest BCUT2D eigenvalue weighted by molar-refractivity contribution is 9.10. The van der Waals surface area contributed by atoms with Gasteiger partial charge in [-0.2, -0.15) is 5.10 Å². The number of ether oxygens (including phenoxy) is 1. The Hall–Kier alpha value is -2.80. The third-order valence-electron chi connectivity index (χ3n) is 5.49. The summed E-state index contributed by atoms with van der Waals surface area (Å²) in [4.78, 5) is 12.9. The van der Waals surface area contributed by atoms with E-state index >= 15 is 0 Å². The fourth-order valence-corrected chi connectivity index (χ4v) is 4.47. The molecule has 4 rings (SSSR count). The van der Waals surface area contributed by atoms with Gasteiger partial charge in [0.25, 0.3) is 0 Å². The summed E-state index contributed by atoms with van der Waals surface area (Å²) in [5.74, 6) is 0.493. The number of nitrogens with one attached hydrogen (secondary N) is 2. The van der Waals surface area contributed by atoms with Gasteiger partial charge in [0.15, 0.2) is 0 Å². The minimum Gasteiger partial charge on any atom is -0.497 e. The average molecular weight is 559 g/mol. The standard InChI is InChI=1S/C26H22BrCl2N3O2/c1-34-20-10-2-16(3-11-20)4-13-25(33)30-26(21-12-9-19(28)14-22(21)29)24-15-23(31-32-24)17-5-7-18(27)8-6-17/h2-14,23,26,31H,15H2,1H3,(H,30,33)/b13-4+. The van der Waals surface area contributed by atoms with Crippen LogP contribution in [-0.2, 0) is 4.79 Å². The van der Waals surface area contributed by atoms with E-state index in [1.807, 2.05) is 54.6 Å². The van der Waals surface area contributed by atoms with Gasteiger partial charge in [-0.25, -0.2) is 0 Å². The molecule has 174 valence electrons. The molecule has 2 atom stereocenters. The monoisotopic (exact) mass is 557 g/mol. The molecule has 5 nitrogen and oxygen atoms in total. The van der Waals surface area contributed by atoms with E-state index in [9.17, 15) is 4.79 Å². The summed E-state index contributed by atoms with van der Waals surface area (Å²) in [6, 6.07) is 20.2. The topological polar surface area (TPSA) is 62.7 Å². The molecule has 0 saturated heterocycles. The normalized spacial score (nSPS) is 16.1. The molecule has 8 heteroatoms. The van der Waals surface area contributed by atoms with Crippen molar-refractivity contribution in [2.75, 3.05) is 7.11 Å². The molecule has 1 amide bonds. The van der Waals surface area contributed by atoms with Crippen LogP contribution in [0.2, 0.25) is 10.0 Å². The molecule has 0 aliphatic carbocycles. The summed E-state index contributed by atoms with van der Waals surface area (Å²) in [5, 5.41) is 8.60. The number of hydrazone groups is 1. The van der Waals surface area contributed by atoms with E-state index in [2.05, 4.69) is 31.8 Å². The number of halogens is 3. The van der Waals surface area contributed by atoms with Crippen LogP contribution in [-0.4, -0.2) is 18.7 Å². The van der Waals surface area contributed by atoms with Crippen LogP contribution >= 0.6 is 39.1 Å². The lowest BCUT2D eigenvalue weighted by molar-refractivity contribution is -0.116. The Labute approximate surface area is 216 Å². The van der Waals surface area contributed by atoms with E-state index in [-0.39, 0.29) is 11.9 Å². The first kappa shape index (κ1) is 24.3. The first-order chi connectivity index (χ1) is 16.4. The summed E-state index contributed by atoms with van der Waals surface area (Å²) in [6.07, 6.45) is 3.86. The number of benzene rings is 3. The molecule has 2 unspecified atom stereocenters. The highest BCUT2D eigenvalue weighted by Gasteiger charge is 2.29. The second-order valence-corrected chi connectivity index (χ2v) is 9.51. The van der Waals surface area contributed by atoms with Crippen LogP contribution in [0.1, 0.15) is 35.2 Å². The van der Waals surface area contributed by atoms with Gasteiger partial charge in [-0.05, 0) is 59.2 Å². The summed E-state index contributed by atoms with van der Waals surface area (Å²) in [7, 11) is 1.61. The van der Waals surface area contributed by atoms with Crippen LogP contribution in [0, 0.1) is 0 Å². The van der Waals surface area contributed by atoms with E-state index < -0.39 is 6.04 Å². The minimum absolute atomic E-state index is 0.00317. The van der Waals surface area contributed by atoms with Crippen molar-refractivity contribution in [1.29, 1.82) is 0 Å². The van der Waals surface area contributed by atoms with Gasteiger partial charge in [0.1, 0.15) is 5.75 Å². The third kappa shape index (κ3) is 6.00. The zero-order chi connectivity index (χ0) is 24.1. The van der Waals surface area contributed by atoms with Crippen molar-refractivity contribution in [3.63, 3.8) is 0 Å². The van der Waals surface area contributed by atoms with Gasteiger partial charge in [0.2, 0.25) is 5.91 Å². The quantitative estimate of drug-likeness (QED) is 0.316. The summed E-state index contributed by atoms with van der Waals surface area (Å²) < 4.78 is 6.18. The van der Waals surface area contributed by atoms with E-state index in [0.717, 1.165) is 32.6 Å². The van der Waals surface area contributed by atoms with E-state index in [0.29, 0.717) is 16.5 Å². The molecular formula is C26H22BrCl2N3O2. The molecule has 1 heterocycles. The van der Waals surface area contributed by atoms with Crippen molar-refractivity contribution in [1.82, 2.24) is 10.7 Å². The number of hydrogen-bond acceptors (Lipinski definition) is 4. The van der Waals surface area contributed by atoms with Crippen LogP contribution in [0.5, 0.6) is 5.75 Å². The number of nitrogens with zero attached hydrogens (tertiary/aromatic N) is 1. The van der Waals surface area contributed by atoms with Crippen molar-refractivity contribution in [3.05, 3.63) is 104 Å². The molecule has 0 spiro atoms. The van der Waals surface area contributed by atoms with Gasteiger partial charge in [0, 0.05) is 27.0 Å². The Morgan fingerprint density at radius 2 is 1.88 bits per heavy atom. The maximum absolute atomic E-state index is 12.9. The minimum atomic E-state index is -0.509. The van der Waals surface area contributed by atoms with Gasteiger partial charge in [-0.3, -0.25) is 4.79 Å². The smallest absolute Gasteiger partial charge is 0.244 e. The second kappa shape index (κ2) is 11.1. The SMILES string of the molecule is COc1ccc(/C=C/C(=O)NC(C2=NNC(c3ccc(Br)cc3)C2)c2ccc(Cl)cc2Cl)cc1. The molecule has 3 aromatic rings. The van der Waals surface area contributed by atoms with Crippen LogP contribution in [0.15, 0.2) is 82.4 Å². The van der Waals surface area contributed by atoms with Gasteiger partial charge in [-0.15, -0.1) is 0 Å². The summed E-state index contributed by atoms with van der Waals surface area (Å²) in [5.41, 5.74) is 6.69. The highest BCUT2D eigenvalue weighted by Crippen LogP contribution is 2.32.